The van der Waals surface area contributed by atoms with Crippen molar-refractivity contribution in [3.05, 3.63) is 90.0 Å². The van der Waals surface area contributed by atoms with Crippen LogP contribution in [0.15, 0.2) is 93.2 Å². The first-order chi connectivity index (χ1) is 15.5. The standard InChI is InChI=1S/C25H24N2O4S/c1-18-7-6-8-20(17-18)23-27-25(32(28,29)22-9-4-3-5-10-22)24(31-23)26-16-15-19-11-13-21(30-2)14-12-19/h3-14,17,26H,15-16H2,1-2H3. The van der Waals surface area contributed by atoms with Gasteiger partial charge in [0.1, 0.15) is 5.75 Å². The SMILES string of the molecule is COc1ccc(CCNc2oc(-c3cccc(C)c3)nc2S(=O)(=O)c2ccccc2)cc1. The minimum atomic E-state index is -3.85. The van der Waals surface area contributed by atoms with E-state index >= 15 is 0 Å². The Hall–Kier alpha value is -3.58. The Morgan fingerprint density at radius 3 is 2.41 bits per heavy atom. The third kappa shape index (κ3) is 4.68. The number of ether oxygens (including phenoxy) is 1. The number of aryl methyl sites for hydroxylation is 1. The van der Waals surface area contributed by atoms with Crippen LogP contribution in [0.1, 0.15) is 11.1 Å². The Kier molecular flexibility index (Phi) is 6.28. The molecule has 3 aromatic carbocycles. The molecule has 1 N–H and O–H groups in total. The zero-order valence-corrected chi connectivity index (χ0v) is 18.7. The number of benzene rings is 3. The van der Waals surface area contributed by atoms with Crippen molar-refractivity contribution in [2.24, 2.45) is 0 Å². The molecule has 0 spiro atoms. The van der Waals surface area contributed by atoms with Crippen molar-refractivity contribution in [1.29, 1.82) is 0 Å². The first-order valence-corrected chi connectivity index (χ1v) is 11.7. The van der Waals surface area contributed by atoms with Crippen molar-refractivity contribution in [3.8, 4) is 17.2 Å². The van der Waals surface area contributed by atoms with E-state index in [-0.39, 0.29) is 21.7 Å². The van der Waals surface area contributed by atoms with E-state index in [0.717, 1.165) is 22.4 Å². The Balaban J connectivity index is 1.64. The molecule has 0 unspecified atom stereocenters. The van der Waals surface area contributed by atoms with Gasteiger partial charge in [-0.1, -0.05) is 48.0 Å². The lowest BCUT2D eigenvalue weighted by atomic mass is 10.1. The molecule has 0 aliphatic carbocycles. The van der Waals surface area contributed by atoms with Crippen LogP contribution < -0.4 is 10.1 Å². The third-order valence-electron chi connectivity index (χ3n) is 5.03. The monoisotopic (exact) mass is 448 g/mol. The van der Waals surface area contributed by atoms with Gasteiger partial charge in [0, 0.05) is 12.1 Å². The molecule has 0 aliphatic heterocycles. The van der Waals surface area contributed by atoms with Crippen LogP contribution >= 0.6 is 0 Å². The molecule has 0 saturated heterocycles. The van der Waals surface area contributed by atoms with Gasteiger partial charge in [0.2, 0.25) is 26.6 Å². The van der Waals surface area contributed by atoms with E-state index in [9.17, 15) is 8.42 Å². The molecular formula is C25H24N2O4S. The number of rotatable bonds is 8. The van der Waals surface area contributed by atoms with Crippen LogP contribution in [0.5, 0.6) is 5.75 Å². The molecular weight excluding hydrogens is 424 g/mol. The Labute approximate surface area is 187 Å². The lowest BCUT2D eigenvalue weighted by Gasteiger charge is -2.07. The maximum Gasteiger partial charge on any atom is 0.233 e. The van der Waals surface area contributed by atoms with Crippen molar-refractivity contribution >= 4 is 15.7 Å². The average molecular weight is 449 g/mol. The maximum atomic E-state index is 13.3. The number of sulfone groups is 1. The Bertz CT molecular complexity index is 1300. The summed E-state index contributed by atoms with van der Waals surface area (Å²) >= 11 is 0. The van der Waals surface area contributed by atoms with Crippen LogP contribution in [0.25, 0.3) is 11.5 Å². The summed E-state index contributed by atoms with van der Waals surface area (Å²) in [6.45, 7) is 2.44. The minimum Gasteiger partial charge on any atom is -0.497 e. The molecule has 0 amide bonds. The normalized spacial score (nSPS) is 11.3. The van der Waals surface area contributed by atoms with Crippen LogP contribution in [-0.4, -0.2) is 27.1 Å². The van der Waals surface area contributed by atoms with E-state index in [4.69, 9.17) is 9.15 Å². The quantitative estimate of drug-likeness (QED) is 0.402. The highest BCUT2D eigenvalue weighted by molar-refractivity contribution is 7.91. The second-order valence-corrected chi connectivity index (χ2v) is 9.23. The second-order valence-electron chi connectivity index (χ2n) is 7.36. The number of hydrogen-bond acceptors (Lipinski definition) is 6. The molecule has 1 aromatic heterocycles. The van der Waals surface area contributed by atoms with Crippen molar-refractivity contribution < 1.29 is 17.6 Å². The number of methoxy groups -OCH3 is 1. The number of oxazole rings is 1. The molecule has 32 heavy (non-hydrogen) atoms. The van der Waals surface area contributed by atoms with Crippen LogP contribution in [-0.2, 0) is 16.3 Å². The summed E-state index contributed by atoms with van der Waals surface area (Å²) in [5.74, 6) is 1.19. The number of aromatic nitrogens is 1. The summed E-state index contributed by atoms with van der Waals surface area (Å²) in [6, 6.07) is 23.6. The summed E-state index contributed by atoms with van der Waals surface area (Å²) in [6.07, 6.45) is 0.676. The van der Waals surface area contributed by atoms with Gasteiger partial charge >= 0.3 is 0 Å². The first-order valence-electron chi connectivity index (χ1n) is 10.2. The molecule has 0 fully saturated rings. The summed E-state index contributed by atoms with van der Waals surface area (Å²) in [7, 11) is -2.23. The van der Waals surface area contributed by atoms with E-state index in [2.05, 4.69) is 10.3 Å². The molecule has 4 aromatic rings. The zero-order valence-electron chi connectivity index (χ0n) is 17.9. The molecule has 7 heteroatoms. The topological polar surface area (TPSA) is 81.4 Å². The van der Waals surface area contributed by atoms with Gasteiger partial charge in [-0.05, 0) is 55.3 Å². The van der Waals surface area contributed by atoms with Gasteiger partial charge in [-0.3, -0.25) is 0 Å². The molecule has 0 radical (unpaired) electrons. The highest BCUT2D eigenvalue weighted by atomic mass is 32.2. The van der Waals surface area contributed by atoms with Gasteiger partial charge in [-0.2, -0.15) is 4.98 Å². The maximum absolute atomic E-state index is 13.3. The molecule has 164 valence electrons. The Morgan fingerprint density at radius 2 is 1.72 bits per heavy atom. The predicted molar refractivity (Wildman–Crippen MR) is 124 cm³/mol. The highest BCUT2D eigenvalue weighted by Gasteiger charge is 2.28. The molecule has 1 heterocycles. The van der Waals surface area contributed by atoms with E-state index in [0.29, 0.717) is 13.0 Å². The first kappa shape index (κ1) is 21.6. The van der Waals surface area contributed by atoms with E-state index < -0.39 is 9.84 Å². The summed E-state index contributed by atoms with van der Waals surface area (Å²) < 4.78 is 37.7. The molecule has 0 bridgehead atoms. The van der Waals surface area contributed by atoms with Crippen molar-refractivity contribution in [2.75, 3.05) is 19.0 Å². The number of nitrogens with zero attached hydrogens (tertiary/aromatic N) is 1. The van der Waals surface area contributed by atoms with Crippen LogP contribution in [0.2, 0.25) is 0 Å². The van der Waals surface area contributed by atoms with Crippen LogP contribution in [0.4, 0.5) is 5.88 Å². The van der Waals surface area contributed by atoms with Gasteiger partial charge in [-0.25, -0.2) is 8.42 Å². The molecule has 4 rings (SSSR count). The van der Waals surface area contributed by atoms with Gasteiger partial charge < -0.3 is 14.5 Å². The molecule has 6 nitrogen and oxygen atoms in total. The lowest BCUT2D eigenvalue weighted by molar-refractivity contribution is 0.414. The van der Waals surface area contributed by atoms with E-state index in [1.54, 1.807) is 37.4 Å². The van der Waals surface area contributed by atoms with Crippen molar-refractivity contribution in [1.82, 2.24) is 4.98 Å². The van der Waals surface area contributed by atoms with E-state index in [1.807, 2.05) is 55.5 Å². The largest absolute Gasteiger partial charge is 0.497 e. The second kappa shape index (κ2) is 9.28. The number of anilines is 1. The summed E-state index contributed by atoms with van der Waals surface area (Å²) in [5, 5.41) is 3.02. The molecule has 0 saturated carbocycles. The van der Waals surface area contributed by atoms with Crippen molar-refractivity contribution in [3.63, 3.8) is 0 Å². The third-order valence-corrected chi connectivity index (χ3v) is 6.71. The van der Waals surface area contributed by atoms with Gasteiger partial charge in [0.15, 0.2) is 0 Å². The summed E-state index contributed by atoms with van der Waals surface area (Å²) in [5.41, 5.74) is 2.84. The summed E-state index contributed by atoms with van der Waals surface area (Å²) in [4.78, 5) is 4.55. The van der Waals surface area contributed by atoms with Gasteiger partial charge in [0.25, 0.3) is 0 Å². The average Bonchev–Trinajstić information content (AvgIpc) is 3.25. The zero-order chi connectivity index (χ0) is 22.6. The number of hydrogen-bond donors (Lipinski definition) is 1. The smallest absolute Gasteiger partial charge is 0.233 e. The van der Waals surface area contributed by atoms with Crippen LogP contribution in [0.3, 0.4) is 0 Å². The fourth-order valence-electron chi connectivity index (χ4n) is 3.33. The minimum absolute atomic E-state index is 0.116. The molecule has 0 aliphatic rings. The van der Waals surface area contributed by atoms with Crippen molar-refractivity contribution in [2.45, 2.75) is 23.3 Å². The molecule has 0 atom stereocenters. The fraction of sp³-hybridized carbons (Fsp3) is 0.160. The highest BCUT2D eigenvalue weighted by Crippen LogP contribution is 2.32. The lowest BCUT2D eigenvalue weighted by Crippen LogP contribution is -2.09. The number of nitrogens with one attached hydrogen (secondary N) is 1. The fourth-order valence-corrected chi connectivity index (χ4v) is 4.63. The Morgan fingerprint density at radius 1 is 0.969 bits per heavy atom. The van der Waals surface area contributed by atoms with Gasteiger partial charge in [0.05, 0.1) is 12.0 Å². The van der Waals surface area contributed by atoms with Gasteiger partial charge in [-0.15, -0.1) is 0 Å². The van der Waals surface area contributed by atoms with E-state index in [1.165, 1.54) is 0 Å². The van der Waals surface area contributed by atoms with Crippen LogP contribution in [0, 0.1) is 6.92 Å². The predicted octanol–water partition coefficient (Wildman–Crippen LogP) is 5.15.